The molecule has 6 heteroatoms. The van der Waals surface area contributed by atoms with E-state index in [1.807, 2.05) is 37.3 Å². The highest BCUT2D eigenvalue weighted by Gasteiger charge is 2.43. The van der Waals surface area contributed by atoms with E-state index >= 15 is 0 Å². The van der Waals surface area contributed by atoms with Gasteiger partial charge in [-0.05, 0) is 43.0 Å². The third-order valence-corrected chi connectivity index (χ3v) is 5.57. The first-order chi connectivity index (χ1) is 14.0. The number of nitrogens with zero attached hydrogens (tertiary/aromatic N) is 2. The Balaban J connectivity index is 2.11. The van der Waals surface area contributed by atoms with E-state index in [-0.39, 0.29) is 0 Å². The summed E-state index contributed by atoms with van der Waals surface area (Å²) in [5.41, 5.74) is 3.49. The van der Waals surface area contributed by atoms with Crippen molar-refractivity contribution in [1.29, 1.82) is 0 Å². The number of benzene rings is 2. The number of carbonyl (C=O) groups excluding carboxylic acids is 1. The van der Waals surface area contributed by atoms with Crippen LogP contribution >= 0.6 is 23.2 Å². The quantitative estimate of drug-likeness (QED) is 0.441. The molecule has 2 atom stereocenters. The van der Waals surface area contributed by atoms with Crippen LogP contribution in [0.3, 0.4) is 0 Å². The van der Waals surface area contributed by atoms with E-state index in [1.165, 1.54) is 7.11 Å². The summed E-state index contributed by atoms with van der Waals surface area (Å²) in [4.78, 5) is 21.2. The average Bonchev–Trinajstić information content (AvgIpc) is 2.72. The maximum Gasteiger partial charge on any atom is 0.336 e. The molecule has 2 aromatic rings. The van der Waals surface area contributed by atoms with Crippen LogP contribution in [-0.4, -0.2) is 24.8 Å². The Kier molecular flexibility index (Phi) is 6.74. The smallest absolute Gasteiger partial charge is 0.336 e. The Morgan fingerprint density at radius 3 is 2.52 bits per heavy atom. The number of methoxy groups -OCH3 is 1. The molecule has 0 amide bonds. The fraction of sp³-hybridized carbons (Fsp3) is 0.261. The van der Waals surface area contributed by atoms with Crippen LogP contribution in [0.2, 0.25) is 10.0 Å². The number of aryl methyl sites for hydroxylation is 1. The molecule has 0 bridgehead atoms. The summed E-state index contributed by atoms with van der Waals surface area (Å²) < 4.78 is 5.08. The third kappa shape index (κ3) is 4.53. The van der Waals surface area contributed by atoms with Gasteiger partial charge >= 0.3 is 5.97 Å². The van der Waals surface area contributed by atoms with Crippen molar-refractivity contribution in [2.45, 2.75) is 31.7 Å². The fourth-order valence-electron chi connectivity index (χ4n) is 3.62. The first-order valence-electron chi connectivity index (χ1n) is 9.18. The number of rotatable bonds is 5. The number of carbonyl (C=O) groups is 1. The lowest BCUT2D eigenvalue weighted by Gasteiger charge is -2.27. The molecule has 148 valence electrons. The van der Waals surface area contributed by atoms with Gasteiger partial charge in [-0.3, -0.25) is 4.99 Å². The van der Waals surface area contributed by atoms with Crippen molar-refractivity contribution in [3.8, 4) is 0 Å². The molecule has 2 unspecified atom stereocenters. The van der Waals surface area contributed by atoms with Gasteiger partial charge in [0.15, 0.2) is 0 Å². The number of allylic oxidation sites excluding steroid dienone is 1. The lowest BCUT2D eigenvalue weighted by Crippen LogP contribution is -2.32. The Hall–Kier alpha value is -2.61. The predicted molar refractivity (Wildman–Crippen MR) is 117 cm³/mol. The van der Waals surface area contributed by atoms with Crippen LogP contribution in [0.15, 0.2) is 64.8 Å². The number of hydrogen-bond donors (Lipinski definition) is 0. The number of esters is 1. The zero-order valence-corrected chi connectivity index (χ0v) is 17.7. The first-order valence-corrected chi connectivity index (χ1v) is 9.93. The lowest BCUT2D eigenvalue weighted by molar-refractivity contribution is -0.136. The molecule has 29 heavy (non-hydrogen) atoms. The van der Waals surface area contributed by atoms with Gasteiger partial charge in [-0.25, -0.2) is 11.4 Å². The van der Waals surface area contributed by atoms with E-state index in [0.717, 1.165) is 12.0 Å². The molecule has 1 heterocycles. The fourth-order valence-corrected chi connectivity index (χ4v) is 4.14. The van der Waals surface area contributed by atoms with Crippen molar-refractivity contribution < 1.29 is 9.53 Å². The summed E-state index contributed by atoms with van der Waals surface area (Å²) in [5.74, 6) is -1.05. The SMILES string of the molecule is [C-]#[N+]C1C(C)=NC(CCc2ccccc2)=C(C(=O)OC)C1c1ccc(Cl)cc1Cl. The molecule has 0 aliphatic carbocycles. The minimum Gasteiger partial charge on any atom is -0.466 e. The summed E-state index contributed by atoms with van der Waals surface area (Å²) in [6.45, 7) is 9.53. The molecular formula is C23H20Cl2N2O2. The third-order valence-electron chi connectivity index (χ3n) is 5.01. The number of hydrogen-bond acceptors (Lipinski definition) is 3. The Morgan fingerprint density at radius 2 is 1.90 bits per heavy atom. The van der Waals surface area contributed by atoms with Gasteiger partial charge in [-0.1, -0.05) is 59.6 Å². The second-order valence-electron chi connectivity index (χ2n) is 6.81. The second-order valence-corrected chi connectivity index (χ2v) is 7.65. The van der Waals surface area contributed by atoms with Crippen LogP contribution in [0, 0.1) is 6.57 Å². The molecule has 3 rings (SSSR count). The molecule has 0 N–H and O–H groups in total. The number of halogens is 2. The topological polar surface area (TPSA) is 43.0 Å². The van der Waals surface area contributed by atoms with Crippen LogP contribution in [0.5, 0.6) is 0 Å². The molecular weight excluding hydrogens is 407 g/mol. The zero-order valence-electron chi connectivity index (χ0n) is 16.2. The predicted octanol–water partition coefficient (Wildman–Crippen LogP) is 5.90. The van der Waals surface area contributed by atoms with Crippen LogP contribution < -0.4 is 0 Å². The van der Waals surface area contributed by atoms with Crippen LogP contribution in [0.25, 0.3) is 4.85 Å². The van der Waals surface area contributed by atoms with Gasteiger partial charge in [0, 0.05) is 10.0 Å². The van der Waals surface area contributed by atoms with Crippen molar-refractivity contribution >= 4 is 34.9 Å². The van der Waals surface area contributed by atoms with E-state index in [9.17, 15) is 4.79 Å². The van der Waals surface area contributed by atoms with Gasteiger partial charge in [0.25, 0.3) is 6.04 Å². The number of aliphatic imine (C=N–C) groups is 1. The molecule has 0 radical (unpaired) electrons. The van der Waals surface area contributed by atoms with Gasteiger partial charge in [0.05, 0.1) is 24.1 Å². The van der Waals surface area contributed by atoms with E-state index < -0.39 is 17.9 Å². The average molecular weight is 427 g/mol. The summed E-state index contributed by atoms with van der Waals surface area (Å²) >= 11 is 12.5. The zero-order chi connectivity index (χ0) is 21.0. The van der Waals surface area contributed by atoms with Gasteiger partial charge in [-0.2, -0.15) is 0 Å². The van der Waals surface area contributed by atoms with E-state index in [2.05, 4.69) is 9.84 Å². The normalized spacial score (nSPS) is 18.8. The van der Waals surface area contributed by atoms with Gasteiger partial charge in [0.1, 0.15) is 5.92 Å². The monoisotopic (exact) mass is 426 g/mol. The second kappa shape index (κ2) is 9.26. The molecule has 0 saturated carbocycles. The van der Waals surface area contributed by atoms with Crippen molar-refractivity contribution in [3.05, 3.63) is 92.4 Å². The van der Waals surface area contributed by atoms with E-state index in [4.69, 9.17) is 34.5 Å². The van der Waals surface area contributed by atoms with Crippen LogP contribution in [0.4, 0.5) is 0 Å². The van der Waals surface area contributed by atoms with Gasteiger partial charge in [0.2, 0.25) is 0 Å². The highest BCUT2D eigenvalue weighted by Crippen LogP contribution is 2.41. The molecule has 1 aliphatic rings. The molecule has 0 spiro atoms. The Morgan fingerprint density at radius 1 is 1.17 bits per heavy atom. The minimum absolute atomic E-state index is 0.388. The van der Waals surface area contributed by atoms with Crippen molar-refractivity contribution in [1.82, 2.24) is 0 Å². The molecule has 4 nitrogen and oxygen atoms in total. The standard InChI is InChI=1S/C23H20Cl2N2O2/c1-14-22(26-2)20(17-11-10-16(24)13-18(17)25)21(23(28)29-3)19(27-14)12-9-15-7-5-4-6-8-15/h4-8,10-11,13,20,22H,9,12H2,1,3H3. The highest BCUT2D eigenvalue weighted by atomic mass is 35.5. The highest BCUT2D eigenvalue weighted by molar-refractivity contribution is 6.35. The van der Waals surface area contributed by atoms with Gasteiger partial charge in [-0.15, -0.1) is 0 Å². The maximum absolute atomic E-state index is 12.8. The lowest BCUT2D eigenvalue weighted by atomic mass is 9.79. The van der Waals surface area contributed by atoms with Crippen LogP contribution in [0.1, 0.15) is 30.4 Å². The van der Waals surface area contributed by atoms with Crippen molar-refractivity contribution in [2.75, 3.05) is 7.11 Å². The maximum atomic E-state index is 12.8. The van der Waals surface area contributed by atoms with Crippen LogP contribution in [-0.2, 0) is 16.0 Å². The minimum atomic E-state index is -0.636. The summed E-state index contributed by atoms with van der Waals surface area (Å²) in [5, 5.41) is 0.905. The largest absolute Gasteiger partial charge is 0.466 e. The molecule has 0 saturated heterocycles. The first kappa shape index (κ1) is 21.1. The molecule has 0 aromatic heterocycles. The summed E-state index contributed by atoms with van der Waals surface area (Å²) in [6, 6.07) is 14.5. The van der Waals surface area contributed by atoms with Crippen molar-refractivity contribution in [3.63, 3.8) is 0 Å². The van der Waals surface area contributed by atoms with E-state index in [1.54, 1.807) is 18.2 Å². The molecule has 1 aliphatic heterocycles. The van der Waals surface area contributed by atoms with E-state index in [0.29, 0.717) is 39.0 Å². The summed E-state index contributed by atoms with van der Waals surface area (Å²) in [7, 11) is 1.34. The molecule has 2 aromatic carbocycles. The molecule has 0 fully saturated rings. The Bertz CT molecular complexity index is 1020. The van der Waals surface area contributed by atoms with Crippen molar-refractivity contribution in [2.24, 2.45) is 4.99 Å². The van der Waals surface area contributed by atoms with Gasteiger partial charge < -0.3 is 9.58 Å². The Labute approximate surface area is 180 Å². The number of ether oxygens (including phenoxy) is 1. The summed E-state index contributed by atoms with van der Waals surface area (Å²) in [6.07, 6.45) is 1.27.